The highest BCUT2D eigenvalue weighted by Gasteiger charge is 2.26. The molecule has 1 rings (SSSR count). The van der Waals surface area contributed by atoms with E-state index in [1.807, 2.05) is 25.2 Å². The molecule has 0 fully saturated rings. The van der Waals surface area contributed by atoms with E-state index in [-0.39, 0.29) is 5.41 Å². The Kier molecular flexibility index (Phi) is 13.7. The lowest BCUT2D eigenvalue weighted by Crippen LogP contribution is -2.19. The van der Waals surface area contributed by atoms with E-state index in [9.17, 15) is 9.59 Å². The van der Waals surface area contributed by atoms with E-state index in [4.69, 9.17) is 4.74 Å². The average molecular weight is 455 g/mol. The molecule has 1 aliphatic rings. The number of ether oxygens (including phenoxy) is 1. The van der Waals surface area contributed by atoms with E-state index in [1.54, 1.807) is 0 Å². The predicted octanol–water partition coefficient (Wildman–Crippen LogP) is 8.73. The van der Waals surface area contributed by atoms with E-state index in [0.717, 1.165) is 30.4 Å². The highest BCUT2D eigenvalue weighted by molar-refractivity contribution is 5.92. The molecule has 0 aromatic carbocycles. The lowest BCUT2D eigenvalue weighted by molar-refractivity contribution is -0.156. The van der Waals surface area contributed by atoms with Gasteiger partial charge < -0.3 is 4.74 Å². The quantitative estimate of drug-likeness (QED) is 0.0918. The Labute approximate surface area is 202 Å². The van der Waals surface area contributed by atoms with Crippen LogP contribution in [0.25, 0.3) is 0 Å². The average Bonchev–Trinajstić information content (AvgIpc) is 2.72. The van der Waals surface area contributed by atoms with Crippen LogP contribution in [0.2, 0.25) is 0 Å². The van der Waals surface area contributed by atoms with Crippen molar-refractivity contribution in [3.05, 3.63) is 58.7 Å². The first-order valence-corrected chi connectivity index (χ1v) is 12.8. The van der Waals surface area contributed by atoms with E-state index in [2.05, 4.69) is 46.8 Å². The fourth-order valence-electron chi connectivity index (χ4n) is 4.29. The molecule has 0 unspecified atom stereocenters. The van der Waals surface area contributed by atoms with Crippen LogP contribution in [0, 0.1) is 5.41 Å². The van der Waals surface area contributed by atoms with Crippen molar-refractivity contribution >= 4 is 11.9 Å². The van der Waals surface area contributed by atoms with Gasteiger partial charge in [0.2, 0.25) is 0 Å². The third-order valence-corrected chi connectivity index (χ3v) is 6.32. The van der Waals surface area contributed by atoms with Gasteiger partial charge in [-0.15, -0.1) is 0 Å². The second kappa shape index (κ2) is 15.6. The minimum Gasteiger partial charge on any atom is -0.390 e. The molecule has 0 radical (unpaired) electrons. The summed E-state index contributed by atoms with van der Waals surface area (Å²) < 4.78 is 4.91. The lowest BCUT2D eigenvalue weighted by atomic mass is 9.72. The van der Waals surface area contributed by atoms with Crippen LogP contribution in [0.4, 0.5) is 0 Å². The van der Waals surface area contributed by atoms with E-state index in [0.29, 0.717) is 6.42 Å². The Morgan fingerprint density at radius 3 is 2.30 bits per heavy atom. The largest absolute Gasteiger partial charge is 0.390 e. The van der Waals surface area contributed by atoms with Crippen molar-refractivity contribution in [3.8, 4) is 0 Å². The summed E-state index contributed by atoms with van der Waals surface area (Å²) in [7, 11) is 0. The Morgan fingerprint density at radius 1 is 0.970 bits per heavy atom. The molecule has 0 saturated carbocycles. The van der Waals surface area contributed by atoms with Crippen LogP contribution >= 0.6 is 0 Å². The predicted molar refractivity (Wildman–Crippen MR) is 140 cm³/mol. The van der Waals surface area contributed by atoms with E-state index >= 15 is 0 Å². The van der Waals surface area contributed by atoms with Gasteiger partial charge in [-0.2, -0.15) is 0 Å². The van der Waals surface area contributed by atoms with Crippen molar-refractivity contribution in [2.75, 3.05) is 0 Å². The first-order chi connectivity index (χ1) is 15.7. The molecular weight excluding hydrogens is 408 g/mol. The number of esters is 2. The van der Waals surface area contributed by atoms with Gasteiger partial charge in [-0.3, -0.25) is 4.79 Å². The molecule has 1 aliphatic carbocycles. The van der Waals surface area contributed by atoms with Gasteiger partial charge >= 0.3 is 11.9 Å². The minimum atomic E-state index is -0.590. The minimum absolute atomic E-state index is 0.237. The summed E-state index contributed by atoms with van der Waals surface area (Å²) in [5.74, 6) is -1.02. The van der Waals surface area contributed by atoms with Gasteiger partial charge in [0, 0.05) is 12.5 Å². The summed E-state index contributed by atoms with van der Waals surface area (Å²) in [6.45, 7) is 13.0. The molecule has 0 aliphatic heterocycles. The van der Waals surface area contributed by atoms with Gasteiger partial charge in [0.15, 0.2) is 0 Å². The van der Waals surface area contributed by atoms with Crippen LogP contribution in [0.1, 0.15) is 112 Å². The highest BCUT2D eigenvalue weighted by Crippen LogP contribution is 2.40. The van der Waals surface area contributed by atoms with Crippen molar-refractivity contribution in [2.24, 2.45) is 5.41 Å². The maximum Gasteiger partial charge on any atom is 0.338 e. The first-order valence-electron chi connectivity index (χ1n) is 12.8. The maximum absolute atomic E-state index is 12.0. The first kappa shape index (κ1) is 28.9. The summed E-state index contributed by atoms with van der Waals surface area (Å²) in [5, 5.41) is 0. The molecule has 0 saturated heterocycles. The number of unbranched alkanes of at least 4 members (excludes halogenated alkanes) is 6. The molecule has 0 atom stereocenters. The van der Waals surface area contributed by atoms with Crippen LogP contribution in [0.5, 0.6) is 0 Å². The topological polar surface area (TPSA) is 43.4 Å². The van der Waals surface area contributed by atoms with Gasteiger partial charge in [0.1, 0.15) is 0 Å². The molecule has 0 amide bonds. The Bertz CT molecular complexity index is 787. The fraction of sp³-hybridized carbons (Fsp3) is 0.600. The fourth-order valence-corrected chi connectivity index (χ4v) is 4.29. The monoisotopic (exact) mass is 454 g/mol. The van der Waals surface area contributed by atoms with Gasteiger partial charge in [0.05, 0.1) is 0 Å². The Balaban J connectivity index is 2.44. The van der Waals surface area contributed by atoms with Crippen LogP contribution in [-0.4, -0.2) is 11.9 Å². The zero-order valence-electron chi connectivity index (χ0n) is 22.0. The standard InChI is InChI=1S/C30H46O3/c1-7-8-9-10-11-12-13-19-28(31)33-29(32)23-25(3)17-14-16-24(2)20-21-27-26(4)18-15-22-30(27,5)6/h14,16-17,20-21,23H,7-13,15,18-19,22H2,1-6H3/b17-14+,21-20+,24-16+,25-23+. The maximum atomic E-state index is 12.0. The summed E-state index contributed by atoms with van der Waals surface area (Å²) in [6, 6.07) is 0. The lowest BCUT2D eigenvalue weighted by Gasteiger charge is -2.32. The van der Waals surface area contributed by atoms with Crippen LogP contribution < -0.4 is 0 Å². The van der Waals surface area contributed by atoms with Crippen molar-refractivity contribution < 1.29 is 14.3 Å². The van der Waals surface area contributed by atoms with Crippen molar-refractivity contribution in [2.45, 2.75) is 112 Å². The molecule has 184 valence electrons. The highest BCUT2D eigenvalue weighted by atomic mass is 16.6. The third kappa shape index (κ3) is 12.6. The SMILES string of the molecule is CCCCCCCCCC(=O)OC(=O)/C=C(C)/C=C/C=C(C)/C=C/C1=C(C)CCCC1(C)C. The zero-order chi connectivity index (χ0) is 24.7. The van der Waals surface area contributed by atoms with Crippen molar-refractivity contribution in [1.82, 2.24) is 0 Å². The Morgan fingerprint density at radius 2 is 1.64 bits per heavy atom. The van der Waals surface area contributed by atoms with Gasteiger partial charge in [-0.1, -0.05) is 101 Å². The molecule has 0 N–H and O–H groups in total. The molecule has 0 spiro atoms. The van der Waals surface area contributed by atoms with Crippen molar-refractivity contribution in [3.63, 3.8) is 0 Å². The molecule has 0 bridgehead atoms. The van der Waals surface area contributed by atoms with Crippen LogP contribution in [0.15, 0.2) is 58.7 Å². The number of allylic oxidation sites excluding steroid dienone is 9. The summed E-state index contributed by atoms with van der Waals surface area (Å²) in [4.78, 5) is 23.8. The number of rotatable bonds is 13. The number of hydrogen-bond donors (Lipinski definition) is 0. The summed E-state index contributed by atoms with van der Waals surface area (Å²) in [5.41, 5.74) is 5.08. The summed E-state index contributed by atoms with van der Waals surface area (Å²) in [6.07, 6.45) is 23.5. The number of carbonyl (C=O) groups is 2. The molecule has 3 heteroatoms. The van der Waals surface area contributed by atoms with Crippen molar-refractivity contribution in [1.29, 1.82) is 0 Å². The van der Waals surface area contributed by atoms with Gasteiger partial charge in [0.25, 0.3) is 0 Å². The smallest absolute Gasteiger partial charge is 0.338 e. The number of carbonyl (C=O) groups excluding carboxylic acids is 2. The van der Waals surface area contributed by atoms with Gasteiger partial charge in [-0.25, -0.2) is 4.79 Å². The normalized spacial score (nSPS) is 17.3. The zero-order valence-corrected chi connectivity index (χ0v) is 22.0. The molecule has 0 aromatic rings. The molecule has 33 heavy (non-hydrogen) atoms. The molecule has 0 heterocycles. The van der Waals surface area contributed by atoms with Gasteiger partial charge in [-0.05, 0) is 63.0 Å². The molecule has 0 aromatic heterocycles. The molecular formula is C30H46O3. The Hall–Kier alpha value is -2.16. The second-order valence-electron chi connectivity index (χ2n) is 10.1. The van der Waals surface area contributed by atoms with E-state index in [1.165, 1.54) is 62.2 Å². The second-order valence-corrected chi connectivity index (χ2v) is 10.1. The summed E-state index contributed by atoms with van der Waals surface area (Å²) >= 11 is 0. The molecule has 3 nitrogen and oxygen atoms in total. The van der Waals surface area contributed by atoms with Crippen LogP contribution in [0.3, 0.4) is 0 Å². The van der Waals surface area contributed by atoms with Crippen LogP contribution in [-0.2, 0) is 14.3 Å². The number of hydrogen-bond acceptors (Lipinski definition) is 3. The van der Waals surface area contributed by atoms with E-state index < -0.39 is 11.9 Å². The third-order valence-electron chi connectivity index (χ3n) is 6.32.